The molecule has 1 saturated heterocycles. The highest BCUT2D eigenvalue weighted by molar-refractivity contribution is 5.95. The lowest BCUT2D eigenvalue weighted by Gasteiger charge is -2.34. The third-order valence-corrected chi connectivity index (χ3v) is 6.53. The summed E-state index contributed by atoms with van der Waals surface area (Å²) < 4.78 is 11.3. The van der Waals surface area contributed by atoms with Crippen molar-refractivity contribution in [3.63, 3.8) is 0 Å². The quantitative estimate of drug-likeness (QED) is 0.743. The molecule has 8 nitrogen and oxygen atoms in total. The van der Waals surface area contributed by atoms with Gasteiger partial charge in [0.15, 0.2) is 11.5 Å². The number of ether oxygens (including phenoxy) is 2. The van der Waals surface area contributed by atoms with Gasteiger partial charge in [0.25, 0.3) is 0 Å². The minimum atomic E-state index is -0.360. The van der Waals surface area contributed by atoms with Crippen molar-refractivity contribution in [2.45, 2.75) is 45.2 Å². The average Bonchev–Trinajstić information content (AvgIpc) is 2.76. The molecule has 2 aliphatic heterocycles. The van der Waals surface area contributed by atoms with E-state index in [1.807, 2.05) is 6.07 Å². The summed E-state index contributed by atoms with van der Waals surface area (Å²) in [6.07, 6.45) is 4.49. The number of nitrogens with one attached hydrogen (secondary N) is 2. The number of carbonyl (C=O) groups is 2. The topological polar surface area (TPSA) is 83.1 Å². The predicted octanol–water partition coefficient (Wildman–Crippen LogP) is 1.98. The van der Waals surface area contributed by atoms with Crippen molar-refractivity contribution >= 4 is 11.9 Å². The summed E-state index contributed by atoms with van der Waals surface area (Å²) in [7, 11) is 0. The first-order valence-electron chi connectivity index (χ1n) is 11.5. The first-order chi connectivity index (χ1) is 15.1. The fourth-order valence-electron chi connectivity index (χ4n) is 4.65. The van der Waals surface area contributed by atoms with Crippen molar-refractivity contribution in [3.8, 4) is 11.5 Å². The van der Waals surface area contributed by atoms with E-state index >= 15 is 0 Å². The van der Waals surface area contributed by atoms with Gasteiger partial charge in [-0.2, -0.15) is 0 Å². The van der Waals surface area contributed by atoms with Gasteiger partial charge >= 0.3 is 6.03 Å². The van der Waals surface area contributed by atoms with Crippen molar-refractivity contribution in [1.82, 2.24) is 20.4 Å². The minimum absolute atomic E-state index is 0.172. The molecular weight excluding hydrogens is 396 g/mol. The van der Waals surface area contributed by atoms with Crippen LogP contribution in [0.2, 0.25) is 0 Å². The van der Waals surface area contributed by atoms with Gasteiger partial charge in [-0.3, -0.25) is 19.9 Å². The highest BCUT2D eigenvalue weighted by Gasteiger charge is 2.24. The van der Waals surface area contributed by atoms with Gasteiger partial charge in [-0.15, -0.1) is 0 Å². The second kappa shape index (κ2) is 10.3. The molecule has 1 aromatic carbocycles. The number of carbonyl (C=O) groups excluding carboxylic acids is 2. The van der Waals surface area contributed by atoms with Crippen LogP contribution in [0.25, 0.3) is 0 Å². The normalized spacial score (nSPS) is 24.4. The lowest BCUT2D eigenvalue weighted by Crippen LogP contribution is -2.52. The fourth-order valence-corrected chi connectivity index (χ4v) is 4.65. The molecule has 3 amide bonds. The molecule has 2 N–H and O–H groups in total. The number of piperazine rings is 1. The lowest BCUT2D eigenvalue weighted by molar-refractivity contribution is -0.121. The summed E-state index contributed by atoms with van der Waals surface area (Å²) in [6.45, 7) is 7.83. The molecule has 1 saturated carbocycles. The molecule has 0 unspecified atom stereocenters. The van der Waals surface area contributed by atoms with Crippen molar-refractivity contribution in [2.75, 3.05) is 45.9 Å². The van der Waals surface area contributed by atoms with Gasteiger partial charge in [0.1, 0.15) is 13.2 Å². The van der Waals surface area contributed by atoms with Crippen molar-refractivity contribution in [1.29, 1.82) is 0 Å². The molecule has 8 heteroatoms. The Morgan fingerprint density at radius 2 is 1.71 bits per heavy atom. The number of nitrogens with zero attached hydrogens (tertiary/aromatic N) is 2. The van der Waals surface area contributed by atoms with Crippen LogP contribution in [0.4, 0.5) is 4.79 Å². The summed E-state index contributed by atoms with van der Waals surface area (Å²) >= 11 is 0. The molecule has 1 aromatic rings. The third-order valence-electron chi connectivity index (χ3n) is 6.53. The Labute approximate surface area is 184 Å². The number of imide groups is 1. The van der Waals surface area contributed by atoms with Gasteiger partial charge in [0.05, 0.1) is 6.54 Å². The lowest BCUT2D eigenvalue weighted by atomic mass is 9.86. The summed E-state index contributed by atoms with van der Waals surface area (Å²) in [6, 6.07) is 5.93. The zero-order valence-electron chi connectivity index (χ0n) is 18.4. The van der Waals surface area contributed by atoms with Gasteiger partial charge in [-0.1, -0.05) is 25.8 Å². The van der Waals surface area contributed by atoms with Crippen LogP contribution in [-0.2, 0) is 11.3 Å². The Kier molecular flexibility index (Phi) is 7.29. The largest absolute Gasteiger partial charge is 0.486 e. The number of rotatable bonds is 5. The standard InChI is InChI=1S/C23H34N4O4/c1-17-4-2-3-5-19(17)24-23(29)25-22(28)16-27-10-8-26(9-11-27)15-18-6-7-20-21(14-18)31-13-12-30-20/h6-7,14,17,19H,2-5,8-13,15-16H2,1H3,(H2,24,25,28,29)/t17-,19-/m0/s1. The van der Waals surface area contributed by atoms with E-state index in [1.165, 1.54) is 12.0 Å². The second-order valence-electron chi connectivity index (χ2n) is 8.92. The zero-order valence-corrected chi connectivity index (χ0v) is 18.4. The smallest absolute Gasteiger partial charge is 0.321 e. The molecule has 2 fully saturated rings. The molecule has 0 aromatic heterocycles. The first kappa shape index (κ1) is 21.9. The van der Waals surface area contributed by atoms with Crippen molar-refractivity contribution in [2.24, 2.45) is 5.92 Å². The maximum atomic E-state index is 12.3. The number of fused-ring (bicyclic) bond motifs is 1. The molecule has 0 radical (unpaired) electrons. The van der Waals surface area contributed by atoms with Crippen LogP contribution in [0.15, 0.2) is 18.2 Å². The highest BCUT2D eigenvalue weighted by Crippen LogP contribution is 2.31. The number of benzene rings is 1. The fraction of sp³-hybridized carbons (Fsp3) is 0.652. The zero-order chi connectivity index (χ0) is 21.6. The molecule has 0 bridgehead atoms. The Hall–Kier alpha value is -2.32. The third kappa shape index (κ3) is 6.11. The number of amides is 3. The molecule has 2 atom stereocenters. The van der Waals surface area contributed by atoms with Crippen molar-refractivity contribution < 1.29 is 19.1 Å². The maximum absolute atomic E-state index is 12.3. The van der Waals surface area contributed by atoms with E-state index in [4.69, 9.17) is 9.47 Å². The van der Waals surface area contributed by atoms with E-state index in [0.717, 1.165) is 63.5 Å². The maximum Gasteiger partial charge on any atom is 0.321 e. The number of hydrogen-bond donors (Lipinski definition) is 2. The Morgan fingerprint density at radius 3 is 2.48 bits per heavy atom. The van der Waals surface area contributed by atoms with E-state index in [-0.39, 0.29) is 24.5 Å². The molecule has 4 rings (SSSR count). The summed E-state index contributed by atoms with van der Waals surface area (Å²) in [5.74, 6) is 1.87. The first-order valence-corrected chi connectivity index (χ1v) is 11.5. The Morgan fingerprint density at radius 1 is 1.00 bits per heavy atom. The molecular formula is C23H34N4O4. The molecule has 0 spiro atoms. The minimum Gasteiger partial charge on any atom is -0.486 e. The molecule has 170 valence electrons. The van der Waals surface area contributed by atoms with Crippen LogP contribution in [0.5, 0.6) is 11.5 Å². The van der Waals surface area contributed by atoms with E-state index in [1.54, 1.807) is 0 Å². The molecule has 1 aliphatic carbocycles. The summed E-state index contributed by atoms with van der Waals surface area (Å²) in [5, 5.41) is 5.48. The summed E-state index contributed by atoms with van der Waals surface area (Å²) in [4.78, 5) is 29.0. The van der Waals surface area contributed by atoms with Crippen LogP contribution in [0.1, 0.15) is 38.2 Å². The van der Waals surface area contributed by atoms with E-state index < -0.39 is 0 Å². The van der Waals surface area contributed by atoms with E-state index in [2.05, 4.69) is 39.5 Å². The summed E-state index contributed by atoms with van der Waals surface area (Å²) in [5.41, 5.74) is 1.20. The molecule has 3 aliphatic rings. The average molecular weight is 431 g/mol. The van der Waals surface area contributed by atoms with Gasteiger partial charge < -0.3 is 14.8 Å². The Bertz CT molecular complexity index is 779. The van der Waals surface area contributed by atoms with Crippen LogP contribution >= 0.6 is 0 Å². The van der Waals surface area contributed by atoms with Crippen molar-refractivity contribution in [3.05, 3.63) is 23.8 Å². The second-order valence-corrected chi connectivity index (χ2v) is 8.92. The van der Waals surface area contributed by atoms with Crippen LogP contribution < -0.4 is 20.1 Å². The van der Waals surface area contributed by atoms with Gasteiger partial charge in [-0.25, -0.2) is 4.79 Å². The number of hydrogen-bond acceptors (Lipinski definition) is 6. The van der Waals surface area contributed by atoms with E-state index in [0.29, 0.717) is 19.1 Å². The number of urea groups is 1. The van der Waals surface area contributed by atoms with Crippen LogP contribution in [0.3, 0.4) is 0 Å². The van der Waals surface area contributed by atoms with E-state index in [9.17, 15) is 9.59 Å². The van der Waals surface area contributed by atoms with Crippen LogP contribution in [-0.4, -0.2) is 73.7 Å². The SMILES string of the molecule is C[C@H]1CCCC[C@@H]1NC(=O)NC(=O)CN1CCN(Cc2ccc3c(c2)OCCO3)CC1. The van der Waals surface area contributed by atoms with Crippen LogP contribution in [0, 0.1) is 5.92 Å². The van der Waals surface area contributed by atoms with Gasteiger partial charge in [0, 0.05) is 38.8 Å². The molecule has 2 heterocycles. The van der Waals surface area contributed by atoms with Gasteiger partial charge in [-0.05, 0) is 36.5 Å². The molecule has 31 heavy (non-hydrogen) atoms. The van der Waals surface area contributed by atoms with Gasteiger partial charge in [0.2, 0.25) is 5.91 Å². The Balaban J connectivity index is 1.17. The monoisotopic (exact) mass is 430 g/mol. The highest BCUT2D eigenvalue weighted by atomic mass is 16.6. The predicted molar refractivity (Wildman–Crippen MR) is 117 cm³/mol.